The first-order valence-corrected chi connectivity index (χ1v) is 6.11. The third kappa shape index (κ3) is 5.19. The number of oxime groups is 1. The predicted molar refractivity (Wildman–Crippen MR) is 72.0 cm³/mol. The van der Waals surface area contributed by atoms with Crippen molar-refractivity contribution in [2.24, 2.45) is 5.16 Å². The van der Waals surface area contributed by atoms with Crippen LogP contribution in [-0.2, 0) is 16.2 Å². The van der Waals surface area contributed by atoms with E-state index in [1.54, 1.807) is 13.3 Å². The molecule has 100 valence electrons. The molecule has 0 aliphatic rings. The molecule has 0 amide bonds. The normalized spacial score (nSPS) is 12.6. The van der Waals surface area contributed by atoms with Gasteiger partial charge in [0.05, 0.1) is 26.0 Å². The Morgan fingerprint density at radius 2 is 1.94 bits per heavy atom. The van der Waals surface area contributed by atoms with Crippen LogP contribution in [0.3, 0.4) is 0 Å². The van der Waals surface area contributed by atoms with E-state index in [1.165, 1.54) is 7.11 Å². The van der Waals surface area contributed by atoms with Gasteiger partial charge < -0.3 is 14.3 Å². The van der Waals surface area contributed by atoms with E-state index >= 15 is 0 Å². The van der Waals surface area contributed by atoms with E-state index in [4.69, 9.17) is 9.47 Å². The van der Waals surface area contributed by atoms with Crippen molar-refractivity contribution in [2.45, 2.75) is 32.5 Å². The maximum Gasteiger partial charge on any atom is 0.118 e. The number of nitrogens with zero attached hydrogens (tertiary/aromatic N) is 1. The molecule has 0 saturated carbocycles. The first kappa shape index (κ1) is 14.5. The summed E-state index contributed by atoms with van der Waals surface area (Å²) in [5, 5.41) is 3.76. The molecular weight excluding hydrogens is 230 g/mol. The van der Waals surface area contributed by atoms with Crippen molar-refractivity contribution in [3.8, 4) is 5.75 Å². The highest BCUT2D eigenvalue weighted by atomic mass is 16.6. The lowest BCUT2D eigenvalue weighted by Crippen LogP contribution is -2.14. The molecule has 0 radical (unpaired) electrons. The van der Waals surface area contributed by atoms with E-state index in [-0.39, 0.29) is 6.10 Å². The third-order valence-electron chi connectivity index (χ3n) is 2.53. The molecule has 1 aromatic carbocycles. The van der Waals surface area contributed by atoms with E-state index in [0.29, 0.717) is 6.61 Å². The summed E-state index contributed by atoms with van der Waals surface area (Å²) >= 11 is 0. The molecule has 1 rings (SSSR count). The van der Waals surface area contributed by atoms with E-state index in [2.05, 4.69) is 16.9 Å². The number of hydrogen-bond donors (Lipinski definition) is 0. The molecule has 0 heterocycles. The fourth-order valence-corrected chi connectivity index (χ4v) is 1.54. The van der Waals surface area contributed by atoms with Gasteiger partial charge >= 0.3 is 0 Å². The molecule has 0 aliphatic heterocycles. The van der Waals surface area contributed by atoms with Crippen molar-refractivity contribution in [1.82, 2.24) is 0 Å². The van der Waals surface area contributed by atoms with Crippen LogP contribution in [0.4, 0.5) is 0 Å². The van der Waals surface area contributed by atoms with Crippen LogP contribution >= 0.6 is 0 Å². The lowest BCUT2D eigenvalue weighted by Gasteiger charge is -2.12. The third-order valence-corrected chi connectivity index (χ3v) is 2.53. The lowest BCUT2D eigenvalue weighted by molar-refractivity contribution is 0.0782. The number of ether oxygens (including phenoxy) is 2. The van der Waals surface area contributed by atoms with Crippen LogP contribution in [0.2, 0.25) is 0 Å². The molecule has 0 fully saturated rings. The van der Waals surface area contributed by atoms with Gasteiger partial charge in [-0.3, -0.25) is 0 Å². The fraction of sp³-hybridized carbons (Fsp3) is 0.500. The zero-order valence-corrected chi connectivity index (χ0v) is 11.3. The molecule has 0 saturated heterocycles. The van der Waals surface area contributed by atoms with Gasteiger partial charge in [0.2, 0.25) is 0 Å². The second-order valence-electron chi connectivity index (χ2n) is 3.92. The SMILES string of the molecule is CCCC(C=NOC)OCc1ccc(OC)cc1. The van der Waals surface area contributed by atoms with Gasteiger partial charge in [-0.25, -0.2) is 0 Å². The van der Waals surface area contributed by atoms with Gasteiger partial charge in [-0.2, -0.15) is 0 Å². The molecule has 0 bridgehead atoms. The molecule has 4 nitrogen and oxygen atoms in total. The molecule has 18 heavy (non-hydrogen) atoms. The average molecular weight is 251 g/mol. The van der Waals surface area contributed by atoms with Gasteiger partial charge in [0.25, 0.3) is 0 Å². The summed E-state index contributed by atoms with van der Waals surface area (Å²) in [6, 6.07) is 7.85. The monoisotopic (exact) mass is 251 g/mol. The lowest BCUT2D eigenvalue weighted by atomic mass is 10.2. The average Bonchev–Trinajstić information content (AvgIpc) is 2.42. The molecule has 1 unspecified atom stereocenters. The van der Waals surface area contributed by atoms with Crippen LogP contribution < -0.4 is 4.74 Å². The number of methoxy groups -OCH3 is 1. The predicted octanol–water partition coefficient (Wildman–Crippen LogP) is 3.01. The number of hydrogen-bond acceptors (Lipinski definition) is 4. The maximum absolute atomic E-state index is 5.77. The molecule has 0 N–H and O–H groups in total. The minimum absolute atomic E-state index is 0.00273. The standard InChI is InChI=1S/C14H21NO3/c1-4-5-14(10-15-17-3)18-11-12-6-8-13(16-2)9-7-12/h6-10,14H,4-5,11H2,1-3H3. The summed E-state index contributed by atoms with van der Waals surface area (Å²) in [6.07, 6.45) is 3.68. The molecular formula is C14H21NO3. The molecule has 1 aromatic rings. The summed E-state index contributed by atoms with van der Waals surface area (Å²) < 4.78 is 10.9. The Morgan fingerprint density at radius 3 is 2.50 bits per heavy atom. The summed E-state index contributed by atoms with van der Waals surface area (Å²) in [4.78, 5) is 4.67. The van der Waals surface area contributed by atoms with E-state index < -0.39 is 0 Å². The molecule has 1 atom stereocenters. The van der Waals surface area contributed by atoms with Crippen molar-refractivity contribution in [3.05, 3.63) is 29.8 Å². The molecule has 0 aromatic heterocycles. The van der Waals surface area contributed by atoms with Gasteiger partial charge in [0.15, 0.2) is 0 Å². The Kier molecular flexibility index (Phi) is 6.87. The highest BCUT2D eigenvalue weighted by Crippen LogP contribution is 2.13. The van der Waals surface area contributed by atoms with Crippen LogP contribution in [0.25, 0.3) is 0 Å². The smallest absolute Gasteiger partial charge is 0.118 e. The zero-order chi connectivity index (χ0) is 13.2. The minimum Gasteiger partial charge on any atom is -0.497 e. The zero-order valence-electron chi connectivity index (χ0n) is 11.3. The Labute approximate surface area is 109 Å². The van der Waals surface area contributed by atoms with Crippen LogP contribution in [-0.4, -0.2) is 26.5 Å². The van der Waals surface area contributed by atoms with Gasteiger partial charge in [-0.05, 0) is 24.1 Å². The van der Waals surface area contributed by atoms with Gasteiger partial charge in [0, 0.05) is 0 Å². The topological polar surface area (TPSA) is 40.0 Å². The Hall–Kier alpha value is -1.55. The molecule has 0 aliphatic carbocycles. The van der Waals surface area contributed by atoms with Gasteiger partial charge in [-0.1, -0.05) is 30.6 Å². The summed E-state index contributed by atoms with van der Waals surface area (Å²) in [7, 11) is 3.19. The largest absolute Gasteiger partial charge is 0.497 e. The quantitative estimate of drug-likeness (QED) is 0.526. The second-order valence-corrected chi connectivity index (χ2v) is 3.92. The number of rotatable bonds is 8. The van der Waals surface area contributed by atoms with Crippen molar-refractivity contribution in [2.75, 3.05) is 14.2 Å². The summed E-state index contributed by atoms with van der Waals surface area (Å²) in [5.74, 6) is 0.852. The highest BCUT2D eigenvalue weighted by Gasteiger charge is 2.05. The van der Waals surface area contributed by atoms with Crippen LogP contribution in [0.5, 0.6) is 5.75 Å². The van der Waals surface area contributed by atoms with Crippen molar-refractivity contribution >= 4 is 6.21 Å². The van der Waals surface area contributed by atoms with E-state index in [9.17, 15) is 0 Å². The first-order valence-electron chi connectivity index (χ1n) is 6.11. The van der Waals surface area contributed by atoms with Crippen molar-refractivity contribution in [1.29, 1.82) is 0 Å². The Morgan fingerprint density at radius 1 is 1.22 bits per heavy atom. The Bertz CT molecular complexity index is 349. The maximum atomic E-state index is 5.77. The first-order chi connectivity index (χ1) is 8.80. The van der Waals surface area contributed by atoms with Crippen molar-refractivity contribution < 1.29 is 14.3 Å². The van der Waals surface area contributed by atoms with Gasteiger partial charge in [0.1, 0.15) is 12.9 Å². The van der Waals surface area contributed by atoms with Gasteiger partial charge in [-0.15, -0.1) is 0 Å². The summed E-state index contributed by atoms with van der Waals surface area (Å²) in [6.45, 7) is 2.68. The van der Waals surface area contributed by atoms with Crippen LogP contribution in [0.1, 0.15) is 25.3 Å². The minimum atomic E-state index is -0.00273. The number of benzene rings is 1. The fourth-order valence-electron chi connectivity index (χ4n) is 1.54. The molecule has 4 heteroatoms. The molecule has 0 spiro atoms. The highest BCUT2D eigenvalue weighted by molar-refractivity contribution is 5.62. The van der Waals surface area contributed by atoms with E-state index in [0.717, 1.165) is 24.2 Å². The van der Waals surface area contributed by atoms with Crippen LogP contribution in [0.15, 0.2) is 29.4 Å². The second kappa shape index (κ2) is 8.53. The Balaban J connectivity index is 2.47. The summed E-state index contributed by atoms with van der Waals surface area (Å²) in [5.41, 5.74) is 1.11. The van der Waals surface area contributed by atoms with Crippen LogP contribution in [0, 0.1) is 0 Å². The van der Waals surface area contributed by atoms with Crippen molar-refractivity contribution in [3.63, 3.8) is 0 Å². The van der Waals surface area contributed by atoms with E-state index in [1.807, 2.05) is 24.3 Å².